The predicted octanol–water partition coefficient (Wildman–Crippen LogP) is 2.84. The summed E-state index contributed by atoms with van der Waals surface area (Å²) in [6.45, 7) is 2.31. The normalized spacial score (nSPS) is 10.3. The average Bonchev–Trinajstić information content (AvgIpc) is 2.91. The number of rotatable bonds is 5. The lowest BCUT2D eigenvalue weighted by atomic mass is 10.2. The first-order chi connectivity index (χ1) is 9.67. The van der Waals surface area contributed by atoms with Crippen LogP contribution in [0, 0.1) is 0 Å². The number of amides is 1. The van der Waals surface area contributed by atoms with Crippen molar-refractivity contribution < 1.29 is 14.4 Å². The number of carbonyl (C=O) groups is 1. The summed E-state index contributed by atoms with van der Waals surface area (Å²) in [4.78, 5) is 22.0. The molecule has 0 radical (unpaired) electrons. The Kier molecular flexibility index (Phi) is 4.70. The zero-order valence-corrected chi connectivity index (χ0v) is 12.4. The van der Waals surface area contributed by atoms with Crippen molar-refractivity contribution in [2.45, 2.75) is 6.92 Å². The quantitative estimate of drug-likeness (QED) is 0.795. The molecule has 0 bridgehead atoms. The van der Waals surface area contributed by atoms with Gasteiger partial charge in [0.1, 0.15) is 5.01 Å². The molecule has 0 aliphatic rings. The predicted molar refractivity (Wildman–Crippen MR) is 77.8 cm³/mol. The monoisotopic (exact) mass is 292 g/mol. The minimum Gasteiger partial charge on any atom is -0.477 e. The van der Waals surface area contributed by atoms with Crippen molar-refractivity contribution in [2.75, 3.05) is 20.8 Å². The third-order valence-electron chi connectivity index (χ3n) is 2.65. The van der Waals surface area contributed by atoms with Gasteiger partial charge in [-0.05, 0) is 6.92 Å². The Morgan fingerprint density at radius 1 is 1.35 bits per heavy atom. The fraction of sp³-hybridized carbons (Fsp3) is 0.286. The molecule has 20 heavy (non-hydrogen) atoms. The molecular weight excluding hydrogens is 276 g/mol. The van der Waals surface area contributed by atoms with E-state index in [4.69, 9.17) is 9.57 Å². The first-order valence-corrected chi connectivity index (χ1v) is 7.00. The van der Waals surface area contributed by atoms with Gasteiger partial charge in [-0.15, -0.1) is 11.3 Å². The second kappa shape index (κ2) is 6.49. The third-order valence-corrected chi connectivity index (χ3v) is 3.73. The highest BCUT2D eigenvalue weighted by Crippen LogP contribution is 2.33. The number of benzene rings is 1. The number of hydrogen-bond acceptors (Lipinski definition) is 5. The van der Waals surface area contributed by atoms with Gasteiger partial charge in [-0.3, -0.25) is 9.63 Å². The summed E-state index contributed by atoms with van der Waals surface area (Å²) in [5, 5.41) is 1.91. The summed E-state index contributed by atoms with van der Waals surface area (Å²) in [5.41, 5.74) is 0.956. The molecule has 5 nitrogen and oxygen atoms in total. The molecule has 0 aliphatic carbocycles. The van der Waals surface area contributed by atoms with Crippen LogP contribution in [-0.4, -0.2) is 36.7 Å². The highest BCUT2D eigenvalue weighted by molar-refractivity contribution is 7.17. The lowest BCUT2D eigenvalue weighted by Crippen LogP contribution is -2.25. The van der Waals surface area contributed by atoms with Crippen molar-refractivity contribution in [3.8, 4) is 16.5 Å². The van der Waals surface area contributed by atoms with Crippen molar-refractivity contribution in [1.29, 1.82) is 0 Å². The van der Waals surface area contributed by atoms with Gasteiger partial charge < -0.3 is 4.74 Å². The summed E-state index contributed by atoms with van der Waals surface area (Å²) < 4.78 is 5.45. The average molecular weight is 292 g/mol. The molecule has 0 atom stereocenters. The van der Waals surface area contributed by atoms with Crippen LogP contribution in [0.3, 0.4) is 0 Å². The van der Waals surface area contributed by atoms with E-state index in [1.54, 1.807) is 7.05 Å². The third kappa shape index (κ3) is 2.97. The van der Waals surface area contributed by atoms with Crippen LogP contribution in [0.1, 0.15) is 16.6 Å². The molecule has 2 rings (SSSR count). The fourth-order valence-electron chi connectivity index (χ4n) is 1.61. The van der Waals surface area contributed by atoms with Gasteiger partial charge in [0.2, 0.25) is 5.88 Å². The minimum atomic E-state index is -0.268. The lowest BCUT2D eigenvalue weighted by molar-refractivity contribution is -0.0755. The molecule has 0 spiro atoms. The van der Waals surface area contributed by atoms with Crippen LogP contribution in [0.2, 0.25) is 0 Å². The van der Waals surface area contributed by atoms with Gasteiger partial charge in [-0.2, -0.15) is 0 Å². The van der Waals surface area contributed by atoms with Crippen molar-refractivity contribution in [3.05, 3.63) is 35.2 Å². The van der Waals surface area contributed by atoms with Gasteiger partial charge in [-0.25, -0.2) is 10.0 Å². The van der Waals surface area contributed by atoms with Gasteiger partial charge in [0, 0.05) is 12.6 Å². The van der Waals surface area contributed by atoms with Crippen molar-refractivity contribution in [3.63, 3.8) is 0 Å². The van der Waals surface area contributed by atoms with E-state index < -0.39 is 0 Å². The van der Waals surface area contributed by atoms with Crippen molar-refractivity contribution in [1.82, 2.24) is 10.0 Å². The van der Waals surface area contributed by atoms with Gasteiger partial charge in [0.25, 0.3) is 5.91 Å². The Morgan fingerprint density at radius 3 is 2.65 bits per heavy atom. The Morgan fingerprint density at radius 2 is 2.05 bits per heavy atom. The molecule has 1 aromatic heterocycles. The Bertz CT molecular complexity index is 583. The van der Waals surface area contributed by atoms with Gasteiger partial charge in [0.05, 0.1) is 13.7 Å². The van der Waals surface area contributed by atoms with E-state index in [1.807, 2.05) is 37.3 Å². The summed E-state index contributed by atoms with van der Waals surface area (Å²) in [7, 11) is 3.00. The number of carbonyl (C=O) groups excluding carboxylic acids is 1. The molecule has 1 amide bonds. The molecule has 0 fully saturated rings. The van der Waals surface area contributed by atoms with E-state index in [0.717, 1.165) is 15.6 Å². The largest absolute Gasteiger partial charge is 0.477 e. The Hall–Kier alpha value is -1.92. The first kappa shape index (κ1) is 14.5. The topological polar surface area (TPSA) is 51.7 Å². The summed E-state index contributed by atoms with van der Waals surface area (Å²) in [6.07, 6.45) is 0. The van der Waals surface area contributed by atoms with Crippen molar-refractivity contribution in [2.24, 2.45) is 0 Å². The molecule has 2 aromatic rings. The van der Waals surface area contributed by atoms with Crippen LogP contribution >= 0.6 is 11.3 Å². The molecule has 6 heteroatoms. The van der Waals surface area contributed by atoms with Crippen LogP contribution in [-0.2, 0) is 4.84 Å². The zero-order chi connectivity index (χ0) is 14.5. The Balaban J connectivity index is 2.41. The standard InChI is InChI=1S/C14H16N2O3S/c1-4-19-12-11(14(17)16(2)18-3)20-13(15-12)10-8-6-5-7-9-10/h5-9H,4H2,1-3H3. The maximum absolute atomic E-state index is 12.2. The molecule has 0 N–H and O–H groups in total. The minimum absolute atomic E-state index is 0.268. The maximum Gasteiger partial charge on any atom is 0.292 e. The molecule has 0 saturated carbocycles. The first-order valence-electron chi connectivity index (χ1n) is 6.18. The smallest absolute Gasteiger partial charge is 0.292 e. The van der Waals surface area contributed by atoms with E-state index in [-0.39, 0.29) is 5.91 Å². The number of ether oxygens (including phenoxy) is 1. The summed E-state index contributed by atoms with van der Waals surface area (Å²) >= 11 is 1.30. The van der Waals surface area contributed by atoms with Gasteiger partial charge in [0.15, 0.2) is 4.88 Å². The molecular formula is C14H16N2O3S. The molecule has 0 aliphatic heterocycles. The number of hydrogen-bond donors (Lipinski definition) is 0. The number of aromatic nitrogens is 1. The second-order valence-corrected chi connectivity index (χ2v) is 4.94. The fourth-order valence-corrected chi connectivity index (χ4v) is 2.59. The van der Waals surface area contributed by atoms with Crippen LogP contribution < -0.4 is 4.74 Å². The number of thiazole rings is 1. The van der Waals surface area contributed by atoms with Crippen molar-refractivity contribution >= 4 is 17.2 Å². The molecule has 0 saturated heterocycles. The van der Waals surface area contributed by atoms with Crippen LogP contribution in [0.4, 0.5) is 0 Å². The molecule has 0 unspecified atom stereocenters. The summed E-state index contributed by atoms with van der Waals surface area (Å²) in [6, 6.07) is 9.69. The highest BCUT2D eigenvalue weighted by atomic mass is 32.1. The van der Waals surface area contributed by atoms with E-state index in [1.165, 1.54) is 18.4 Å². The zero-order valence-electron chi connectivity index (χ0n) is 11.6. The van der Waals surface area contributed by atoms with Gasteiger partial charge in [-0.1, -0.05) is 30.3 Å². The van der Waals surface area contributed by atoms with E-state index >= 15 is 0 Å². The number of nitrogens with zero attached hydrogens (tertiary/aromatic N) is 2. The van der Waals surface area contributed by atoms with Crippen LogP contribution in [0.5, 0.6) is 5.88 Å². The maximum atomic E-state index is 12.2. The lowest BCUT2D eigenvalue weighted by Gasteiger charge is -2.12. The van der Waals surface area contributed by atoms with Crippen LogP contribution in [0.15, 0.2) is 30.3 Å². The van der Waals surface area contributed by atoms with Gasteiger partial charge >= 0.3 is 0 Å². The molecule has 106 valence electrons. The Labute approximate surface area is 121 Å². The summed E-state index contributed by atoms with van der Waals surface area (Å²) in [5.74, 6) is 0.0842. The SMILES string of the molecule is CCOc1nc(-c2ccccc2)sc1C(=O)N(C)OC. The van der Waals surface area contributed by atoms with E-state index in [2.05, 4.69) is 4.98 Å². The second-order valence-electron chi connectivity index (χ2n) is 3.94. The number of hydroxylamine groups is 2. The van der Waals surface area contributed by atoms with Crippen LogP contribution in [0.25, 0.3) is 10.6 Å². The highest BCUT2D eigenvalue weighted by Gasteiger charge is 2.23. The van der Waals surface area contributed by atoms with E-state index in [9.17, 15) is 4.79 Å². The van der Waals surface area contributed by atoms with E-state index in [0.29, 0.717) is 17.4 Å². The molecule has 1 heterocycles. The molecule has 1 aromatic carbocycles.